The van der Waals surface area contributed by atoms with Gasteiger partial charge in [-0.15, -0.1) is 0 Å². The highest BCUT2D eigenvalue weighted by atomic mass is 16.7. The fourth-order valence-electron chi connectivity index (χ4n) is 3.48. The first-order valence-electron chi connectivity index (χ1n) is 9.83. The van der Waals surface area contributed by atoms with Crippen molar-refractivity contribution < 1.29 is 34.4 Å². The van der Waals surface area contributed by atoms with Gasteiger partial charge in [0.15, 0.2) is 0 Å². The van der Waals surface area contributed by atoms with Crippen molar-refractivity contribution in [3.05, 3.63) is 54.1 Å². The van der Waals surface area contributed by atoms with Gasteiger partial charge in [-0.1, -0.05) is 30.3 Å². The van der Waals surface area contributed by atoms with Gasteiger partial charge >= 0.3 is 0 Å². The number of hydrogen-bond donors (Lipinski definition) is 5. The van der Waals surface area contributed by atoms with Crippen molar-refractivity contribution in [3.63, 3.8) is 0 Å². The summed E-state index contributed by atoms with van der Waals surface area (Å²) in [6, 6.07) is 12.9. The molecule has 3 rings (SSSR count). The Balaban J connectivity index is 1.95. The summed E-state index contributed by atoms with van der Waals surface area (Å²) in [6.45, 7) is 0.729. The van der Waals surface area contributed by atoms with Crippen LogP contribution in [-0.2, 0) is 9.53 Å². The van der Waals surface area contributed by atoms with E-state index in [9.17, 15) is 24.9 Å². The number of amides is 2. The van der Waals surface area contributed by atoms with Crippen molar-refractivity contribution in [2.24, 2.45) is 0 Å². The lowest BCUT2D eigenvalue weighted by molar-refractivity contribution is -0.244. The molecule has 0 saturated carbocycles. The van der Waals surface area contributed by atoms with Crippen molar-refractivity contribution >= 4 is 11.8 Å². The maximum atomic E-state index is 12.0. The highest BCUT2D eigenvalue weighted by Crippen LogP contribution is 2.33. The molecular weight excluding hydrogens is 404 g/mol. The summed E-state index contributed by atoms with van der Waals surface area (Å²) in [5, 5.41) is 35.2. The number of benzene rings is 2. The Labute approximate surface area is 179 Å². The molecule has 1 aliphatic rings. The first-order valence-corrected chi connectivity index (χ1v) is 9.83. The van der Waals surface area contributed by atoms with Gasteiger partial charge in [0.1, 0.15) is 30.1 Å². The number of hydrogen-bond acceptors (Lipinski definition) is 7. The number of aliphatic hydroxyl groups is 3. The molecule has 0 aliphatic carbocycles. The molecule has 2 aromatic rings. The van der Waals surface area contributed by atoms with Crippen LogP contribution in [0.25, 0.3) is 11.1 Å². The molecule has 1 heterocycles. The average molecular weight is 430 g/mol. The number of rotatable bonds is 6. The molecule has 0 radical (unpaired) electrons. The second-order valence-corrected chi connectivity index (χ2v) is 7.21. The molecule has 1 saturated heterocycles. The zero-order chi connectivity index (χ0) is 22.5. The van der Waals surface area contributed by atoms with Gasteiger partial charge in [0, 0.05) is 25.1 Å². The predicted octanol–water partition coefficient (Wildman–Crippen LogP) is 0.0357. The number of nitrogens with one attached hydrogen (secondary N) is 2. The van der Waals surface area contributed by atoms with Crippen molar-refractivity contribution in [2.75, 3.05) is 13.7 Å². The second-order valence-electron chi connectivity index (χ2n) is 7.21. The maximum Gasteiger partial charge on any atom is 0.251 e. The van der Waals surface area contributed by atoms with Crippen molar-refractivity contribution in [1.29, 1.82) is 0 Å². The molecule has 2 amide bonds. The predicted molar refractivity (Wildman–Crippen MR) is 111 cm³/mol. The number of ether oxygens (including phenoxy) is 2. The van der Waals surface area contributed by atoms with Gasteiger partial charge in [-0.25, -0.2) is 0 Å². The maximum absolute atomic E-state index is 12.0. The van der Waals surface area contributed by atoms with E-state index in [0.717, 1.165) is 0 Å². The zero-order valence-electron chi connectivity index (χ0n) is 17.2. The van der Waals surface area contributed by atoms with E-state index in [1.807, 2.05) is 6.07 Å². The Morgan fingerprint density at radius 3 is 2.52 bits per heavy atom. The van der Waals surface area contributed by atoms with E-state index < -0.39 is 43.2 Å². The lowest BCUT2D eigenvalue weighted by atomic mass is 9.96. The number of carbonyl (C=O) groups excluding carboxylic acids is 2. The normalized spacial score (nSPS) is 25.5. The molecule has 0 aromatic heterocycles. The largest absolute Gasteiger partial charge is 0.462 e. The van der Waals surface area contributed by atoms with E-state index in [1.54, 1.807) is 49.5 Å². The SMILES string of the molecule is CNC(=O)c1cccc(-c2ccccc2O[C@@H]2O[C@H](CO)[C@H](O)[C@H](O)[C@H]2NC(C)=O)c1. The van der Waals surface area contributed by atoms with Crippen LogP contribution in [0, 0.1) is 0 Å². The lowest BCUT2D eigenvalue weighted by Gasteiger charge is -2.42. The van der Waals surface area contributed by atoms with Crippen LogP contribution in [0.3, 0.4) is 0 Å². The van der Waals surface area contributed by atoms with E-state index in [0.29, 0.717) is 22.4 Å². The highest BCUT2D eigenvalue weighted by Gasteiger charge is 2.46. The Hall–Kier alpha value is -2.98. The van der Waals surface area contributed by atoms with Crippen LogP contribution in [0.15, 0.2) is 48.5 Å². The molecule has 0 spiro atoms. The third-order valence-corrected chi connectivity index (χ3v) is 5.04. The molecule has 1 aliphatic heterocycles. The molecule has 1 fully saturated rings. The molecule has 0 unspecified atom stereocenters. The topological polar surface area (TPSA) is 137 Å². The smallest absolute Gasteiger partial charge is 0.251 e. The van der Waals surface area contributed by atoms with Crippen molar-refractivity contribution in [3.8, 4) is 16.9 Å². The molecule has 31 heavy (non-hydrogen) atoms. The molecule has 9 nitrogen and oxygen atoms in total. The van der Waals surface area contributed by atoms with Crippen LogP contribution < -0.4 is 15.4 Å². The summed E-state index contributed by atoms with van der Waals surface area (Å²) in [5.74, 6) is -0.302. The summed E-state index contributed by atoms with van der Waals surface area (Å²) in [6.07, 6.45) is -5.08. The quantitative estimate of drug-likeness (QED) is 0.436. The van der Waals surface area contributed by atoms with E-state index in [4.69, 9.17) is 9.47 Å². The van der Waals surface area contributed by atoms with Gasteiger partial charge in [-0.05, 0) is 23.8 Å². The zero-order valence-corrected chi connectivity index (χ0v) is 17.2. The van der Waals surface area contributed by atoms with E-state index in [-0.39, 0.29) is 5.91 Å². The molecule has 9 heteroatoms. The third-order valence-electron chi connectivity index (χ3n) is 5.04. The van der Waals surface area contributed by atoms with Gasteiger partial charge in [0.05, 0.1) is 6.61 Å². The Morgan fingerprint density at radius 2 is 1.84 bits per heavy atom. The van der Waals surface area contributed by atoms with E-state index >= 15 is 0 Å². The second kappa shape index (κ2) is 9.88. The van der Waals surface area contributed by atoms with Crippen LogP contribution in [0.5, 0.6) is 5.75 Å². The molecule has 166 valence electrons. The molecular formula is C22H26N2O7. The summed E-state index contributed by atoms with van der Waals surface area (Å²) >= 11 is 0. The standard InChI is InChI=1S/C22H26N2O7/c1-12(26)24-18-20(28)19(27)17(11-25)31-22(18)30-16-9-4-3-8-15(16)13-6-5-7-14(10-13)21(29)23-2/h3-10,17-20,22,25,27-28H,11H2,1-2H3,(H,23,29)(H,24,26)/t17-,18-,19+,20-,22-/m1/s1. The summed E-state index contributed by atoms with van der Waals surface area (Å²) in [7, 11) is 1.55. The van der Waals surface area contributed by atoms with Gasteiger partial charge in [-0.3, -0.25) is 9.59 Å². The van der Waals surface area contributed by atoms with Crippen LogP contribution in [-0.4, -0.2) is 71.4 Å². The first-order chi connectivity index (χ1) is 14.8. The van der Waals surface area contributed by atoms with Crippen LogP contribution >= 0.6 is 0 Å². The van der Waals surface area contributed by atoms with Crippen molar-refractivity contribution in [2.45, 2.75) is 37.6 Å². The number of para-hydroxylation sites is 1. The Morgan fingerprint density at radius 1 is 1.10 bits per heavy atom. The highest BCUT2D eigenvalue weighted by molar-refractivity contribution is 5.95. The van der Waals surface area contributed by atoms with E-state index in [2.05, 4.69) is 10.6 Å². The molecule has 5 N–H and O–H groups in total. The summed E-state index contributed by atoms with van der Waals surface area (Å²) < 4.78 is 11.7. The Bertz CT molecular complexity index is 936. The molecule has 2 aromatic carbocycles. The summed E-state index contributed by atoms with van der Waals surface area (Å²) in [4.78, 5) is 23.6. The molecule has 5 atom stereocenters. The fraction of sp³-hybridized carbons (Fsp3) is 0.364. The van der Waals surface area contributed by atoms with Crippen molar-refractivity contribution in [1.82, 2.24) is 10.6 Å². The van der Waals surface area contributed by atoms with Crippen LogP contribution in [0.4, 0.5) is 0 Å². The minimum Gasteiger partial charge on any atom is -0.462 e. The molecule has 0 bridgehead atoms. The monoisotopic (exact) mass is 430 g/mol. The van der Waals surface area contributed by atoms with Gasteiger partial charge in [0.25, 0.3) is 5.91 Å². The van der Waals surface area contributed by atoms with Gasteiger partial charge in [-0.2, -0.15) is 0 Å². The van der Waals surface area contributed by atoms with Crippen LogP contribution in [0.1, 0.15) is 17.3 Å². The number of carbonyl (C=O) groups is 2. The summed E-state index contributed by atoms with van der Waals surface area (Å²) in [5.41, 5.74) is 1.83. The van der Waals surface area contributed by atoms with Crippen LogP contribution in [0.2, 0.25) is 0 Å². The van der Waals surface area contributed by atoms with Gasteiger partial charge in [0.2, 0.25) is 12.2 Å². The third kappa shape index (κ3) is 5.02. The number of aliphatic hydroxyl groups excluding tert-OH is 3. The first kappa shape index (κ1) is 22.7. The average Bonchev–Trinajstić information content (AvgIpc) is 2.78. The van der Waals surface area contributed by atoms with Gasteiger partial charge < -0.3 is 35.4 Å². The fourth-order valence-corrected chi connectivity index (χ4v) is 3.48. The minimum absolute atomic E-state index is 0.232. The van der Waals surface area contributed by atoms with E-state index in [1.165, 1.54) is 6.92 Å². The Kier molecular flexibility index (Phi) is 7.24. The minimum atomic E-state index is -1.41. The lowest BCUT2D eigenvalue weighted by Crippen LogP contribution is -2.65.